The molecule has 0 aliphatic rings. The lowest BCUT2D eigenvalue weighted by Gasteiger charge is -2.04. The zero-order valence-corrected chi connectivity index (χ0v) is 9.36. The molecule has 1 N–H and O–H groups in total. The minimum atomic E-state index is 0.806. The molecule has 0 bridgehead atoms. The molecule has 0 amide bonds. The first-order chi connectivity index (χ1) is 7.16. The Hall–Kier alpha value is -1.71. The van der Waals surface area contributed by atoms with E-state index in [-0.39, 0.29) is 0 Å². The number of hydrogen-bond donors (Lipinski definition) is 1. The van der Waals surface area contributed by atoms with Gasteiger partial charge in [-0.05, 0) is 19.1 Å². The normalized spacial score (nSPS) is 10.6. The summed E-state index contributed by atoms with van der Waals surface area (Å²) in [5.74, 6) is 0.927. The van der Waals surface area contributed by atoms with E-state index in [2.05, 4.69) is 21.0 Å². The predicted molar refractivity (Wildman–Crippen MR) is 60.7 cm³/mol. The molecule has 0 unspecified atom stereocenters. The Morgan fingerprint density at radius 3 is 2.73 bits per heavy atom. The van der Waals surface area contributed by atoms with Crippen LogP contribution in [0.25, 0.3) is 0 Å². The fourth-order valence-electron chi connectivity index (χ4n) is 1.51. The molecule has 80 valence electrons. The molecule has 0 aromatic carbocycles. The number of hydrogen-bond acceptors (Lipinski definition) is 2. The van der Waals surface area contributed by atoms with Crippen LogP contribution in [-0.2, 0) is 20.6 Å². The second-order valence-electron chi connectivity index (χ2n) is 3.76. The number of rotatable bonds is 3. The van der Waals surface area contributed by atoms with Gasteiger partial charge in [-0.3, -0.25) is 4.68 Å². The van der Waals surface area contributed by atoms with E-state index in [0.717, 1.165) is 18.1 Å². The third kappa shape index (κ3) is 2.03. The fraction of sp³-hybridized carbons (Fsp3) is 0.364. The van der Waals surface area contributed by atoms with Crippen molar-refractivity contribution in [1.29, 1.82) is 0 Å². The van der Waals surface area contributed by atoms with Crippen molar-refractivity contribution in [3.8, 4) is 0 Å². The predicted octanol–water partition coefficient (Wildman–Crippen LogP) is 1.68. The largest absolute Gasteiger partial charge is 0.363 e. The molecular formula is C11H16N4. The van der Waals surface area contributed by atoms with Crippen LogP contribution in [0.4, 0.5) is 5.82 Å². The minimum Gasteiger partial charge on any atom is -0.363 e. The highest BCUT2D eigenvalue weighted by atomic mass is 15.3. The number of aryl methyl sites for hydroxylation is 3. The number of nitrogens with zero attached hydrogens (tertiary/aromatic N) is 3. The number of aromatic nitrogens is 3. The van der Waals surface area contributed by atoms with Crippen molar-refractivity contribution in [1.82, 2.24) is 14.3 Å². The van der Waals surface area contributed by atoms with Crippen LogP contribution >= 0.6 is 0 Å². The first-order valence-corrected chi connectivity index (χ1v) is 5.01. The van der Waals surface area contributed by atoms with Crippen molar-refractivity contribution in [2.75, 3.05) is 5.32 Å². The molecule has 0 fully saturated rings. The second kappa shape index (κ2) is 3.81. The SMILES string of the molecule is Cc1cc(NCc2cccn2C)nn1C. The van der Waals surface area contributed by atoms with Crippen LogP contribution in [0.3, 0.4) is 0 Å². The third-order valence-corrected chi connectivity index (χ3v) is 2.62. The van der Waals surface area contributed by atoms with Gasteiger partial charge in [-0.25, -0.2) is 0 Å². The van der Waals surface area contributed by atoms with Gasteiger partial charge in [0.05, 0.1) is 6.54 Å². The maximum Gasteiger partial charge on any atom is 0.148 e. The van der Waals surface area contributed by atoms with E-state index >= 15 is 0 Å². The summed E-state index contributed by atoms with van der Waals surface area (Å²) >= 11 is 0. The summed E-state index contributed by atoms with van der Waals surface area (Å²) < 4.78 is 3.97. The van der Waals surface area contributed by atoms with Gasteiger partial charge in [0.2, 0.25) is 0 Å². The summed E-state index contributed by atoms with van der Waals surface area (Å²) in [6.07, 6.45) is 2.04. The number of nitrogens with one attached hydrogen (secondary N) is 1. The maximum absolute atomic E-state index is 4.34. The van der Waals surface area contributed by atoms with Gasteiger partial charge in [-0.2, -0.15) is 5.10 Å². The topological polar surface area (TPSA) is 34.8 Å². The Morgan fingerprint density at radius 2 is 2.20 bits per heavy atom. The smallest absolute Gasteiger partial charge is 0.148 e. The molecule has 0 spiro atoms. The zero-order chi connectivity index (χ0) is 10.8. The van der Waals surface area contributed by atoms with Gasteiger partial charge in [0.1, 0.15) is 5.82 Å². The average Bonchev–Trinajstić information content (AvgIpc) is 2.72. The molecule has 2 heterocycles. The highest BCUT2D eigenvalue weighted by molar-refractivity contribution is 5.36. The van der Waals surface area contributed by atoms with Crippen LogP contribution in [-0.4, -0.2) is 14.3 Å². The fourth-order valence-corrected chi connectivity index (χ4v) is 1.51. The first kappa shape index (κ1) is 9.83. The Morgan fingerprint density at radius 1 is 1.40 bits per heavy atom. The van der Waals surface area contributed by atoms with E-state index in [1.807, 2.05) is 44.0 Å². The van der Waals surface area contributed by atoms with Gasteiger partial charge >= 0.3 is 0 Å². The quantitative estimate of drug-likeness (QED) is 0.825. The van der Waals surface area contributed by atoms with E-state index < -0.39 is 0 Å². The van der Waals surface area contributed by atoms with Crippen molar-refractivity contribution < 1.29 is 0 Å². The van der Waals surface area contributed by atoms with E-state index in [9.17, 15) is 0 Å². The van der Waals surface area contributed by atoms with Crippen LogP contribution in [0.15, 0.2) is 24.4 Å². The highest BCUT2D eigenvalue weighted by Gasteiger charge is 2.01. The summed E-state index contributed by atoms with van der Waals surface area (Å²) in [7, 11) is 3.99. The van der Waals surface area contributed by atoms with Gasteiger partial charge < -0.3 is 9.88 Å². The highest BCUT2D eigenvalue weighted by Crippen LogP contribution is 2.09. The minimum absolute atomic E-state index is 0.806. The third-order valence-electron chi connectivity index (χ3n) is 2.62. The molecule has 0 atom stereocenters. The van der Waals surface area contributed by atoms with Crippen LogP contribution in [0, 0.1) is 6.92 Å². The summed E-state index contributed by atoms with van der Waals surface area (Å²) in [6, 6.07) is 6.19. The van der Waals surface area contributed by atoms with E-state index in [4.69, 9.17) is 0 Å². The standard InChI is InChI=1S/C11H16N4/c1-9-7-11(13-15(9)3)12-8-10-5-4-6-14(10)2/h4-7H,8H2,1-3H3,(H,12,13). The van der Waals surface area contributed by atoms with Gasteiger partial charge in [0.15, 0.2) is 0 Å². The van der Waals surface area contributed by atoms with Gasteiger partial charge in [-0.1, -0.05) is 0 Å². The Kier molecular flexibility index (Phi) is 2.49. The molecule has 2 rings (SSSR count). The van der Waals surface area contributed by atoms with Gasteiger partial charge in [-0.15, -0.1) is 0 Å². The Labute approximate surface area is 89.5 Å². The lowest BCUT2D eigenvalue weighted by Crippen LogP contribution is -2.04. The average molecular weight is 204 g/mol. The lowest BCUT2D eigenvalue weighted by molar-refractivity contribution is 0.739. The van der Waals surface area contributed by atoms with Crippen LogP contribution in [0.5, 0.6) is 0 Å². The molecule has 4 heteroatoms. The van der Waals surface area contributed by atoms with Gasteiger partial charge in [0.25, 0.3) is 0 Å². The molecule has 0 aliphatic heterocycles. The Balaban J connectivity index is 2.02. The van der Waals surface area contributed by atoms with E-state index in [1.54, 1.807) is 0 Å². The lowest BCUT2D eigenvalue weighted by atomic mass is 10.4. The molecule has 0 saturated carbocycles. The molecule has 0 radical (unpaired) electrons. The van der Waals surface area contributed by atoms with Crippen molar-refractivity contribution >= 4 is 5.82 Å². The van der Waals surface area contributed by atoms with E-state index in [1.165, 1.54) is 5.69 Å². The molecular weight excluding hydrogens is 188 g/mol. The zero-order valence-electron chi connectivity index (χ0n) is 9.36. The van der Waals surface area contributed by atoms with Crippen LogP contribution in [0.1, 0.15) is 11.4 Å². The van der Waals surface area contributed by atoms with Crippen LogP contribution in [0.2, 0.25) is 0 Å². The summed E-state index contributed by atoms with van der Waals surface area (Å²) in [4.78, 5) is 0. The number of anilines is 1. The monoisotopic (exact) mass is 204 g/mol. The van der Waals surface area contributed by atoms with Crippen LogP contribution < -0.4 is 5.32 Å². The summed E-state index contributed by atoms with van der Waals surface area (Å²) in [5, 5.41) is 7.63. The molecule has 0 saturated heterocycles. The molecule has 4 nitrogen and oxygen atoms in total. The maximum atomic E-state index is 4.34. The molecule has 15 heavy (non-hydrogen) atoms. The molecule has 0 aliphatic carbocycles. The molecule has 2 aromatic rings. The molecule has 2 aromatic heterocycles. The first-order valence-electron chi connectivity index (χ1n) is 5.01. The van der Waals surface area contributed by atoms with Crippen molar-refractivity contribution in [3.05, 3.63) is 35.8 Å². The summed E-state index contributed by atoms with van der Waals surface area (Å²) in [6.45, 7) is 2.85. The Bertz CT molecular complexity index is 433. The van der Waals surface area contributed by atoms with Crippen molar-refractivity contribution in [2.24, 2.45) is 14.1 Å². The van der Waals surface area contributed by atoms with Crippen molar-refractivity contribution in [3.63, 3.8) is 0 Å². The van der Waals surface area contributed by atoms with E-state index in [0.29, 0.717) is 0 Å². The van der Waals surface area contributed by atoms with Gasteiger partial charge in [0, 0.05) is 37.7 Å². The second-order valence-corrected chi connectivity index (χ2v) is 3.76. The van der Waals surface area contributed by atoms with Crippen molar-refractivity contribution in [2.45, 2.75) is 13.5 Å². The summed E-state index contributed by atoms with van der Waals surface area (Å²) in [5.41, 5.74) is 2.41.